The van der Waals surface area contributed by atoms with E-state index in [1.165, 1.54) is 18.2 Å². The van der Waals surface area contributed by atoms with Crippen LogP contribution in [0.3, 0.4) is 0 Å². The molecule has 1 atom stereocenters. The first-order valence-corrected chi connectivity index (χ1v) is 8.31. The van der Waals surface area contributed by atoms with E-state index in [-0.39, 0.29) is 18.2 Å². The van der Waals surface area contributed by atoms with Crippen LogP contribution in [0.25, 0.3) is 0 Å². The van der Waals surface area contributed by atoms with Crippen LogP contribution in [0.1, 0.15) is 29.3 Å². The van der Waals surface area contributed by atoms with Gasteiger partial charge in [0.1, 0.15) is 5.82 Å². The number of aryl methyl sites for hydroxylation is 1. The van der Waals surface area contributed by atoms with Gasteiger partial charge in [-0.25, -0.2) is 4.39 Å². The fourth-order valence-electron chi connectivity index (χ4n) is 2.97. The number of hydrogen-bond donors (Lipinski definition) is 2. The SMILES string of the molecule is Cc1nn(CCNC(=O)[C@H]2CC(=O)Nc3ccc(F)cc32)c(C)c1Cl. The number of hydrogen-bond acceptors (Lipinski definition) is 3. The van der Waals surface area contributed by atoms with E-state index in [4.69, 9.17) is 11.6 Å². The molecule has 8 heteroatoms. The molecule has 0 aliphatic carbocycles. The summed E-state index contributed by atoms with van der Waals surface area (Å²) in [5, 5.41) is 10.4. The summed E-state index contributed by atoms with van der Waals surface area (Å²) in [4.78, 5) is 24.3. The van der Waals surface area contributed by atoms with Gasteiger partial charge in [-0.15, -0.1) is 0 Å². The van der Waals surface area contributed by atoms with Crippen LogP contribution in [0.4, 0.5) is 10.1 Å². The molecule has 2 heterocycles. The van der Waals surface area contributed by atoms with Crippen molar-refractivity contribution < 1.29 is 14.0 Å². The standard InChI is InChI=1S/C17H18ClFN4O2/c1-9-16(18)10(2)23(22-9)6-5-20-17(25)13-8-15(24)21-14-4-3-11(19)7-12(13)14/h3-4,7,13H,5-6,8H2,1-2H3,(H,20,25)(H,21,24)/t13-/m0/s1. The van der Waals surface area contributed by atoms with Crippen LogP contribution in [-0.4, -0.2) is 28.1 Å². The van der Waals surface area contributed by atoms with E-state index in [9.17, 15) is 14.0 Å². The zero-order chi connectivity index (χ0) is 18.1. The van der Waals surface area contributed by atoms with E-state index in [2.05, 4.69) is 15.7 Å². The van der Waals surface area contributed by atoms with Crippen molar-refractivity contribution in [2.45, 2.75) is 32.7 Å². The fraction of sp³-hybridized carbons (Fsp3) is 0.353. The van der Waals surface area contributed by atoms with E-state index >= 15 is 0 Å². The maximum atomic E-state index is 13.5. The highest BCUT2D eigenvalue weighted by Crippen LogP contribution is 2.32. The zero-order valence-electron chi connectivity index (χ0n) is 13.9. The normalized spacial score (nSPS) is 16.3. The summed E-state index contributed by atoms with van der Waals surface area (Å²) in [6.45, 7) is 4.46. The van der Waals surface area contributed by atoms with Crippen LogP contribution in [-0.2, 0) is 16.1 Å². The lowest BCUT2D eigenvalue weighted by molar-refractivity contribution is -0.126. The number of amides is 2. The van der Waals surface area contributed by atoms with Crippen LogP contribution in [0.2, 0.25) is 5.02 Å². The quantitative estimate of drug-likeness (QED) is 0.875. The zero-order valence-corrected chi connectivity index (χ0v) is 14.7. The topological polar surface area (TPSA) is 76.0 Å². The molecule has 0 radical (unpaired) electrons. The highest BCUT2D eigenvalue weighted by Gasteiger charge is 2.30. The van der Waals surface area contributed by atoms with Crippen LogP contribution in [0.5, 0.6) is 0 Å². The predicted molar refractivity (Wildman–Crippen MR) is 92.1 cm³/mol. The summed E-state index contributed by atoms with van der Waals surface area (Å²) in [6.07, 6.45) is -0.00593. The van der Waals surface area contributed by atoms with E-state index in [1.54, 1.807) is 4.68 Å². The van der Waals surface area contributed by atoms with Gasteiger partial charge in [-0.05, 0) is 37.6 Å². The first-order chi connectivity index (χ1) is 11.9. The molecule has 25 heavy (non-hydrogen) atoms. The maximum absolute atomic E-state index is 13.5. The van der Waals surface area contributed by atoms with Gasteiger partial charge in [0.15, 0.2) is 0 Å². The van der Waals surface area contributed by atoms with Gasteiger partial charge in [0.2, 0.25) is 11.8 Å². The first-order valence-electron chi connectivity index (χ1n) is 7.93. The molecule has 1 aliphatic rings. The van der Waals surface area contributed by atoms with Gasteiger partial charge in [0.25, 0.3) is 0 Å². The molecule has 1 aromatic carbocycles. The van der Waals surface area contributed by atoms with Crippen LogP contribution >= 0.6 is 11.6 Å². The molecule has 1 aromatic heterocycles. The highest BCUT2D eigenvalue weighted by molar-refractivity contribution is 6.31. The summed E-state index contributed by atoms with van der Waals surface area (Å²) < 4.78 is 15.2. The summed E-state index contributed by atoms with van der Waals surface area (Å²) in [5.74, 6) is -1.72. The molecule has 3 rings (SSSR count). The maximum Gasteiger partial charge on any atom is 0.228 e. The molecule has 0 saturated heterocycles. The molecule has 2 N–H and O–H groups in total. The molecular formula is C17H18ClFN4O2. The van der Waals surface area contributed by atoms with Crippen LogP contribution in [0.15, 0.2) is 18.2 Å². The number of aromatic nitrogens is 2. The molecule has 2 aromatic rings. The van der Waals surface area contributed by atoms with Crippen LogP contribution in [0, 0.1) is 19.7 Å². The molecule has 1 aliphatic heterocycles. The number of anilines is 1. The Hall–Kier alpha value is -2.41. The lowest BCUT2D eigenvalue weighted by Crippen LogP contribution is -2.36. The Morgan fingerprint density at radius 1 is 1.48 bits per heavy atom. The molecular weight excluding hydrogens is 347 g/mol. The van der Waals surface area contributed by atoms with Crippen LogP contribution < -0.4 is 10.6 Å². The summed E-state index contributed by atoms with van der Waals surface area (Å²) in [5.41, 5.74) is 2.53. The van der Waals surface area contributed by atoms with Crippen molar-refractivity contribution in [1.29, 1.82) is 0 Å². The van der Waals surface area contributed by atoms with Crippen molar-refractivity contribution in [1.82, 2.24) is 15.1 Å². The molecule has 132 valence electrons. The molecule has 0 bridgehead atoms. The van der Waals surface area contributed by atoms with Crippen molar-refractivity contribution in [2.24, 2.45) is 0 Å². The third kappa shape index (κ3) is 3.51. The number of benzene rings is 1. The van der Waals surface area contributed by atoms with Crippen molar-refractivity contribution in [3.8, 4) is 0 Å². The van der Waals surface area contributed by atoms with E-state index in [1.807, 2.05) is 13.8 Å². The summed E-state index contributed by atoms with van der Waals surface area (Å²) >= 11 is 6.10. The minimum Gasteiger partial charge on any atom is -0.354 e. The second kappa shape index (κ2) is 6.84. The van der Waals surface area contributed by atoms with Gasteiger partial charge in [-0.2, -0.15) is 5.10 Å². The molecule has 0 saturated carbocycles. The predicted octanol–water partition coefficient (Wildman–Crippen LogP) is 2.53. The Kier molecular flexibility index (Phi) is 4.76. The molecule has 0 spiro atoms. The van der Waals surface area contributed by atoms with Crippen molar-refractivity contribution in [3.63, 3.8) is 0 Å². The lowest BCUT2D eigenvalue weighted by Gasteiger charge is -2.25. The Bertz CT molecular complexity index is 849. The largest absolute Gasteiger partial charge is 0.354 e. The Morgan fingerprint density at radius 2 is 2.24 bits per heavy atom. The second-order valence-electron chi connectivity index (χ2n) is 6.04. The molecule has 2 amide bonds. The minimum absolute atomic E-state index is 0.00593. The van der Waals surface area contributed by atoms with Gasteiger partial charge in [-0.3, -0.25) is 14.3 Å². The minimum atomic E-state index is -0.705. The smallest absolute Gasteiger partial charge is 0.228 e. The Labute approximate surface area is 149 Å². The third-order valence-electron chi connectivity index (χ3n) is 4.29. The number of carbonyl (C=O) groups excluding carboxylic acids is 2. The van der Waals surface area contributed by atoms with Gasteiger partial charge in [0, 0.05) is 18.7 Å². The Morgan fingerprint density at radius 3 is 2.92 bits per heavy atom. The average molecular weight is 365 g/mol. The molecule has 6 nitrogen and oxygen atoms in total. The number of fused-ring (bicyclic) bond motifs is 1. The van der Waals surface area contributed by atoms with Gasteiger partial charge >= 0.3 is 0 Å². The fourth-order valence-corrected chi connectivity index (χ4v) is 3.10. The summed E-state index contributed by atoms with van der Waals surface area (Å²) in [6, 6.07) is 4.02. The van der Waals surface area contributed by atoms with E-state index < -0.39 is 11.7 Å². The van der Waals surface area contributed by atoms with E-state index in [0.717, 1.165) is 11.4 Å². The van der Waals surface area contributed by atoms with Crippen molar-refractivity contribution >= 4 is 29.1 Å². The molecule has 0 unspecified atom stereocenters. The lowest BCUT2D eigenvalue weighted by atomic mass is 9.89. The highest BCUT2D eigenvalue weighted by atomic mass is 35.5. The van der Waals surface area contributed by atoms with Gasteiger partial charge in [-0.1, -0.05) is 11.6 Å². The Balaban J connectivity index is 1.68. The van der Waals surface area contributed by atoms with E-state index in [0.29, 0.717) is 29.4 Å². The monoisotopic (exact) mass is 364 g/mol. The average Bonchev–Trinajstić information content (AvgIpc) is 2.81. The number of nitrogens with zero attached hydrogens (tertiary/aromatic N) is 2. The third-order valence-corrected chi connectivity index (χ3v) is 4.83. The number of nitrogens with one attached hydrogen (secondary N) is 2. The number of rotatable bonds is 4. The van der Waals surface area contributed by atoms with Crippen molar-refractivity contribution in [2.75, 3.05) is 11.9 Å². The molecule has 0 fully saturated rings. The number of carbonyl (C=O) groups is 2. The van der Waals surface area contributed by atoms with Gasteiger partial charge < -0.3 is 10.6 Å². The summed E-state index contributed by atoms with van der Waals surface area (Å²) in [7, 11) is 0. The van der Waals surface area contributed by atoms with Crippen molar-refractivity contribution in [3.05, 3.63) is 46.0 Å². The first kappa shape index (κ1) is 17.4. The second-order valence-corrected chi connectivity index (χ2v) is 6.41. The van der Waals surface area contributed by atoms with Gasteiger partial charge in [0.05, 0.1) is 28.9 Å². The number of halogens is 2.